The Morgan fingerprint density at radius 2 is 1.80 bits per heavy atom. The Hall–Kier alpha value is -1.09. The fourth-order valence-electron chi connectivity index (χ4n) is 1.67. The Morgan fingerprint density at radius 1 is 1.20 bits per heavy atom. The van der Waals surface area contributed by atoms with Crippen molar-refractivity contribution in [1.82, 2.24) is 4.68 Å². The zero-order valence-electron chi connectivity index (χ0n) is 9.16. The van der Waals surface area contributed by atoms with Gasteiger partial charge in [0.2, 0.25) is 5.69 Å². The van der Waals surface area contributed by atoms with Crippen molar-refractivity contribution in [3.05, 3.63) is 40.5 Å². The highest BCUT2D eigenvalue weighted by Gasteiger charge is 2.15. The number of nitrogens with zero attached hydrogens (tertiary/aromatic N) is 2. The molecule has 0 saturated carbocycles. The second kappa shape index (κ2) is 3.81. The van der Waals surface area contributed by atoms with Gasteiger partial charge in [0.05, 0.1) is 12.7 Å². The summed E-state index contributed by atoms with van der Waals surface area (Å²) in [7, 11) is 4.14. The lowest BCUT2D eigenvalue weighted by Crippen LogP contribution is -2.39. The van der Waals surface area contributed by atoms with E-state index in [1.165, 1.54) is 17.0 Å². The molecule has 3 heteroatoms. The summed E-state index contributed by atoms with van der Waals surface area (Å²) in [5, 5.41) is 0. The van der Waals surface area contributed by atoms with Crippen LogP contribution < -0.4 is 4.68 Å². The van der Waals surface area contributed by atoms with Gasteiger partial charge in [0, 0.05) is 16.1 Å². The standard InChI is InChI=1S/C12H14BrN2/c1-9-8-12(15(3)14(9)2)10-4-6-11(13)7-5-10/h4-8H,1-3H3/q+1. The smallest absolute Gasteiger partial charge is 0.161 e. The molecule has 0 saturated heterocycles. The van der Waals surface area contributed by atoms with Gasteiger partial charge in [0.25, 0.3) is 0 Å². The zero-order valence-corrected chi connectivity index (χ0v) is 10.7. The number of hydrogen-bond donors (Lipinski definition) is 0. The van der Waals surface area contributed by atoms with Crippen molar-refractivity contribution in [1.29, 1.82) is 0 Å². The number of aromatic nitrogens is 2. The third-order valence-corrected chi connectivity index (χ3v) is 3.32. The first kappa shape index (κ1) is 10.4. The molecule has 15 heavy (non-hydrogen) atoms. The highest BCUT2D eigenvalue weighted by atomic mass is 79.9. The molecule has 0 radical (unpaired) electrons. The molecule has 2 rings (SSSR count). The summed E-state index contributed by atoms with van der Waals surface area (Å²) in [5.41, 5.74) is 3.74. The van der Waals surface area contributed by atoms with Crippen LogP contribution >= 0.6 is 15.9 Å². The van der Waals surface area contributed by atoms with Gasteiger partial charge in [-0.2, -0.15) is 4.68 Å². The van der Waals surface area contributed by atoms with Gasteiger partial charge in [-0.15, -0.1) is 4.68 Å². The maximum absolute atomic E-state index is 3.44. The van der Waals surface area contributed by atoms with Crippen molar-refractivity contribution < 1.29 is 4.68 Å². The molecule has 1 heterocycles. The van der Waals surface area contributed by atoms with E-state index in [1.54, 1.807) is 0 Å². The SMILES string of the molecule is Cc1cc(-c2ccc(Br)cc2)[n+](C)n1C. The van der Waals surface area contributed by atoms with Crippen LogP contribution in [0.25, 0.3) is 11.3 Å². The van der Waals surface area contributed by atoms with Gasteiger partial charge in [-0.1, -0.05) is 15.9 Å². The third kappa shape index (κ3) is 1.84. The van der Waals surface area contributed by atoms with Crippen molar-refractivity contribution in [2.75, 3.05) is 0 Å². The van der Waals surface area contributed by atoms with Crippen molar-refractivity contribution >= 4 is 15.9 Å². The topological polar surface area (TPSA) is 8.81 Å². The van der Waals surface area contributed by atoms with Gasteiger partial charge < -0.3 is 0 Å². The molecule has 0 aliphatic heterocycles. The Balaban J connectivity index is 2.54. The summed E-state index contributed by atoms with van der Waals surface area (Å²) in [6.45, 7) is 2.11. The van der Waals surface area contributed by atoms with E-state index >= 15 is 0 Å². The van der Waals surface area contributed by atoms with Crippen LogP contribution in [0.15, 0.2) is 34.8 Å². The van der Waals surface area contributed by atoms with E-state index in [9.17, 15) is 0 Å². The molecular weight excluding hydrogens is 252 g/mol. The fraction of sp³-hybridized carbons (Fsp3) is 0.250. The summed E-state index contributed by atoms with van der Waals surface area (Å²) in [5.74, 6) is 0. The minimum atomic E-state index is 1.11. The monoisotopic (exact) mass is 265 g/mol. The molecule has 0 fully saturated rings. The molecule has 0 unspecified atom stereocenters. The first-order valence-corrected chi connectivity index (χ1v) is 5.67. The predicted octanol–water partition coefficient (Wildman–Crippen LogP) is 2.59. The van der Waals surface area contributed by atoms with Gasteiger partial charge >= 0.3 is 0 Å². The van der Waals surface area contributed by atoms with Gasteiger partial charge in [-0.25, -0.2) is 0 Å². The quantitative estimate of drug-likeness (QED) is 0.701. The van der Waals surface area contributed by atoms with Gasteiger partial charge in [0.15, 0.2) is 7.05 Å². The summed E-state index contributed by atoms with van der Waals surface area (Å²) in [6.07, 6.45) is 0. The van der Waals surface area contributed by atoms with Crippen LogP contribution in [0.5, 0.6) is 0 Å². The third-order valence-electron chi connectivity index (χ3n) is 2.79. The van der Waals surface area contributed by atoms with Crippen LogP contribution in [0.4, 0.5) is 0 Å². The first-order chi connectivity index (χ1) is 7.09. The Bertz CT molecular complexity index is 483. The van der Waals surface area contributed by atoms with E-state index in [1.807, 2.05) is 0 Å². The molecule has 0 aliphatic rings. The summed E-state index contributed by atoms with van der Waals surface area (Å²) < 4.78 is 5.40. The van der Waals surface area contributed by atoms with E-state index in [-0.39, 0.29) is 0 Å². The van der Waals surface area contributed by atoms with Crippen molar-refractivity contribution in [3.63, 3.8) is 0 Å². The van der Waals surface area contributed by atoms with E-state index < -0.39 is 0 Å². The maximum atomic E-state index is 3.44. The second-order valence-electron chi connectivity index (χ2n) is 3.73. The molecule has 0 N–H and O–H groups in total. The van der Waals surface area contributed by atoms with E-state index in [0.29, 0.717) is 0 Å². The highest BCUT2D eigenvalue weighted by Crippen LogP contribution is 2.19. The Kier molecular flexibility index (Phi) is 2.65. The molecule has 1 aromatic heterocycles. The summed E-state index contributed by atoms with van der Waals surface area (Å²) in [4.78, 5) is 0. The van der Waals surface area contributed by atoms with E-state index in [2.05, 4.69) is 76.6 Å². The number of aryl methyl sites for hydroxylation is 1. The average Bonchev–Trinajstić information content (AvgIpc) is 2.47. The van der Waals surface area contributed by atoms with Crippen LogP contribution in [0.1, 0.15) is 5.69 Å². The largest absolute Gasteiger partial charge is 0.238 e. The highest BCUT2D eigenvalue weighted by molar-refractivity contribution is 9.10. The summed E-state index contributed by atoms with van der Waals surface area (Å²) >= 11 is 3.44. The average molecular weight is 266 g/mol. The fourth-order valence-corrected chi connectivity index (χ4v) is 1.94. The molecule has 78 valence electrons. The lowest BCUT2D eigenvalue weighted by molar-refractivity contribution is -0.741. The Morgan fingerprint density at radius 3 is 2.27 bits per heavy atom. The lowest BCUT2D eigenvalue weighted by Gasteiger charge is -1.96. The first-order valence-electron chi connectivity index (χ1n) is 4.88. The van der Waals surface area contributed by atoms with Crippen molar-refractivity contribution in [2.45, 2.75) is 6.92 Å². The van der Waals surface area contributed by atoms with Gasteiger partial charge in [0.1, 0.15) is 0 Å². The van der Waals surface area contributed by atoms with Crippen LogP contribution in [-0.4, -0.2) is 4.68 Å². The van der Waals surface area contributed by atoms with Crippen LogP contribution in [0, 0.1) is 6.92 Å². The van der Waals surface area contributed by atoms with Crippen LogP contribution in [0.2, 0.25) is 0 Å². The number of halogens is 1. The zero-order chi connectivity index (χ0) is 11.0. The molecule has 0 atom stereocenters. The molecule has 0 bridgehead atoms. The van der Waals surface area contributed by atoms with E-state index in [0.717, 1.165) is 4.47 Å². The molecular formula is C12H14BrN2+. The number of hydrogen-bond acceptors (Lipinski definition) is 0. The maximum Gasteiger partial charge on any atom is 0.238 e. The molecule has 0 spiro atoms. The lowest BCUT2D eigenvalue weighted by atomic mass is 10.1. The number of rotatable bonds is 1. The van der Waals surface area contributed by atoms with Crippen LogP contribution in [-0.2, 0) is 14.1 Å². The normalized spacial score (nSPS) is 10.7. The van der Waals surface area contributed by atoms with E-state index in [4.69, 9.17) is 0 Å². The molecule has 0 amide bonds. The van der Waals surface area contributed by atoms with Crippen molar-refractivity contribution in [3.8, 4) is 11.3 Å². The molecule has 2 aromatic rings. The molecule has 0 aliphatic carbocycles. The van der Waals surface area contributed by atoms with Crippen LogP contribution in [0.3, 0.4) is 0 Å². The van der Waals surface area contributed by atoms with Crippen molar-refractivity contribution in [2.24, 2.45) is 14.1 Å². The summed E-state index contributed by atoms with van der Waals surface area (Å²) in [6, 6.07) is 10.6. The molecule has 1 aromatic carbocycles. The Labute approximate surface area is 98.3 Å². The number of benzene rings is 1. The predicted molar refractivity (Wildman–Crippen MR) is 64.5 cm³/mol. The minimum Gasteiger partial charge on any atom is -0.161 e. The van der Waals surface area contributed by atoms with Gasteiger partial charge in [-0.05, 0) is 31.2 Å². The molecule has 2 nitrogen and oxygen atoms in total. The second-order valence-corrected chi connectivity index (χ2v) is 4.64. The van der Waals surface area contributed by atoms with Gasteiger partial charge in [-0.3, -0.25) is 0 Å². The minimum absolute atomic E-state index is 1.11.